The van der Waals surface area contributed by atoms with E-state index in [1.807, 2.05) is 78.8 Å². The molecule has 5 N–H and O–H groups in total. The zero-order valence-electron chi connectivity index (χ0n) is 43.6. The summed E-state index contributed by atoms with van der Waals surface area (Å²) in [4.78, 5) is 67.9. The zero-order chi connectivity index (χ0) is 53.9. The molecule has 0 spiro atoms. The predicted octanol–water partition coefficient (Wildman–Crippen LogP) is 10.0. The summed E-state index contributed by atoms with van der Waals surface area (Å²) < 4.78 is 37.0. The molecule has 7 aromatic rings. The minimum Gasteiger partial charge on any atom is -0.481 e. The van der Waals surface area contributed by atoms with Crippen LogP contribution in [0.1, 0.15) is 136 Å². The Morgan fingerprint density at radius 3 is 1.69 bits per heavy atom. The topological polar surface area (TPSA) is 242 Å². The van der Waals surface area contributed by atoms with Crippen molar-refractivity contribution in [1.82, 2.24) is 48.6 Å². The van der Waals surface area contributed by atoms with Crippen LogP contribution in [0.15, 0.2) is 54.7 Å². The quantitative estimate of drug-likeness (QED) is 0.0638. The summed E-state index contributed by atoms with van der Waals surface area (Å²) in [7, 11) is 1.57. The molecule has 2 fully saturated rings. The van der Waals surface area contributed by atoms with Gasteiger partial charge in [0.1, 0.15) is 21.7 Å². The first kappa shape index (κ1) is 55.0. The fourth-order valence-corrected chi connectivity index (χ4v) is 8.67. The molecule has 396 valence electrons. The van der Waals surface area contributed by atoms with Crippen LogP contribution in [0.5, 0.6) is 5.88 Å². The number of ether oxygens (including phenoxy) is 1. The van der Waals surface area contributed by atoms with Gasteiger partial charge in [0.15, 0.2) is 16.9 Å². The lowest BCUT2D eigenvalue weighted by Gasteiger charge is -2.36. The molecule has 0 unspecified atom stereocenters. The highest BCUT2D eigenvalue weighted by Crippen LogP contribution is 2.47. The molecule has 0 bridgehead atoms. The molecule has 0 saturated heterocycles. The molecule has 7 aromatic heterocycles. The first-order chi connectivity index (χ1) is 34.8. The van der Waals surface area contributed by atoms with Crippen molar-refractivity contribution in [2.75, 3.05) is 23.1 Å². The van der Waals surface area contributed by atoms with Crippen molar-refractivity contribution in [3.8, 4) is 11.6 Å². The van der Waals surface area contributed by atoms with Crippen molar-refractivity contribution in [2.24, 2.45) is 5.41 Å². The van der Waals surface area contributed by atoms with Crippen LogP contribution in [0.25, 0.3) is 39.2 Å². The molecule has 0 atom stereocenters. The number of hydrogen-bond donors (Lipinski definition) is 5. The van der Waals surface area contributed by atoms with E-state index in [0.29, 0.717) is 65.4 Å². The summed E-state index contributed by atoms with van der Waals surface area (Å²) in [5.41, 5.74) is 4.10. The summed E-state index contributed by atoms with van der Waals surface area (Å²) in [6.07, 6.45) is 5.76. The Labute approximate surface area is 432 Å². The Bertz CT molecular complexity index is 3140. The lowest BCUT2D eigenvalue weighted by Crippen LogP contribution is -2.38. The van der Waals surface area contributed by atoms with E-state index in [9.17, 15) is 33.4 Å². The zero-order valence-corrected chi connectivity index (χ0v) is 44.3. The van der Waals surface area contributed by atoms with Gasteiger partial charge in [0.05, 0.1) is 49.1 Å². The Morgan fingerprint density at radius 1 is 0.689 bits per heavy atom. The Morgan fingerprint density at radius 2 is 1.19 bits per heavy atom. The minimum absolute atomic E-state index is 0.0837. The normalized spacial score (nSPS) is 14.9. The van der Waals surface area contributed by atoms with Crippen molar-refractivity contribution in [3.63, 3.8) is 0 Å². The maximum atomic E-state index is 13.3. The van der Waals surface area contributed by atoms with Gasteiger partial charge >= 0.3 is 0 Å². The van der Waals surface area contributed by atoms with Crippen LogP contribution in [0.4, 0.5) is 26.6 Å². The van der Waals surface area contributed by atoms with E-state index in [0.717, 1.165) is 41.1 Å². The van der Waals surface area contributed by atoms with Crippen LogP contribution in [-0.4, -0.2) is 101 Å². The SMILES string of the molecule is CC(C)(O)CC(=O)Nc1nc2ccc(Cl)nc2n1C1CC(F)(F)C1.CCC(O)(CC)CC(=O)Nc1nc2ccc(C)nc2n1C1CCC1.COc1ccc(-n2c(NC(=O)CC(C)(C)C)nc3ccc(C)nc32)cn1. The van der Waals surface area contributed by atoms with Gasteiger partial charge in [-0.1, -0.05) is 46.2 Å². The smallest absolute Gasteiger partial charge is 0.252 e. The minimum atomic E-state index is -2.73. The van der Waals surface area contributed by atoms with Crippen LogP contribution in [0.2, 0.25) is 5.15 Å². The third kappa shape index (κ3) is 13.5. The number of carbonyl (C=O) groups excluding carboxylic acids is 3. The molecule has 2 aliphatic rings. The van der Waals surface area contributed by atoms with E-state index in [1.54, 1.807) is 36.1 Å². The maximum absolute atomic E-state index is 13.3. The number of imidazole rings is 3. The van der Waals surface area contributed by atoms with Crippen molar-refractivity contribution in [1.29, 1.82) is 0 Å². The van der Waals surface area contributed by atoms with E-state index in [4.69, 9.17) is 16.3 Å². The van der Waals surface area contributed by atoms with Gasteiger partial charge in [0.2, 0.25) is 41.4 Å². The largest absolute Gasteiger partial charge is 0.481 e. The molecule has 0 aliphatic heterocycles. The monoisotopic (exact) mass is 1040 g/mol. The van der Waals surface area contributed by atoms with Gasteiger partial charge < -0.3 is 14.9 Å². The molecular formula is C52H66ClF2N13O6. The van der Waals surface area contributed by atoms with Crippen molar-refractivity contribution < 1.29 is 38.1 Å². The van der Waals surface area contributed by atoms with Crippen LogP contribution in [-0.2, 0) is 14.4 Å². The summed E-state index contributed by atoms with van der Waals surface area (Å²) >= 11 is 5.89. The second kappa shape index (κ2) is 22.0. The third-order valence-corrected chi connectivity index (χ3v) is 12.9. The number of anilines is 3. The number of aliphatic hydroxyl groups is 2. The number of pyridine rings is 4. The Hall–Kier alpha value is -6.71. The van der Waals surface area contributed by atoms with E-state index < -0.39 is 29.1 Å². The maximum Gasteiger partial charge on any atom is 0.252 e. The number of aromatic nitrogens is 10. The highest BCUT2D eigenvalue weighted by molar-refractivity contribution is 6.29. The van der Waals surface area contributed by atoms with Crippen LogP contribution >= 0.6 is 11.6 Å². The predicted molar refractivity (Wildman–Crippen MR) is 280 cm³/mol. The second-order valence-corrected chi connectivity index (χ2v) is 21.4. The average molecular weight is 1040 g/mol. The number of carbonyl (C=O) groups is 3. The van der Waals surface area contributed by atoms with E-state index >= 15 is 0 Å². The number of amides is 3. The Balaban J connectivity index is 0.000000162. The Kier molecular flexibility index (Phi) is 16.4. The summed E-state index contributed by atoms with van der Waals surface area (Å²) in [6, 6.07) is 14.3. The molecule has 9 rings (SSSR count). The van der Waals surface area contributed by atoms with E-state index in [1.165, 1.54) is 24.8 Å². The fraction of sp³-hybridized carbons (Fsp3) is 0.500. The van der Waals surface area contributed by atoms with Crippen LogP contribution in [0.3, 0.4) is 0 Å². The van der Waals surface area contributed by atoms with Crippen LogP contribution < -0.4 is 20.7 Å². The van der Waals surface area contributed by atoms with E-state index in [2.05, 4.69) is 55.4 Å². The average Bonchev–Trinajstić information content (AvgIpc) is 3.93. The van der Waals surface area contributed by atoms with Gasteiger partial charge in [-0.25, -0.2) is 43.7 Å². The summed E-state index contributed by atoms with van der Waals surface area (Å²) in [5, 5.41) is 28.7. The number of hydrogen-bond acceptors (Lipinski definition) is 13. The van der Waals surface area contributed by atoms with Gasteiger partial charge in [-0.05, 0) is 108 Å². The number of nitrogens with one attached hydrogen (secondary N) is 3. The number of fused-ring (bicyclic) bond motifs is 3. The van der Waals surface area contributed by atoms with Gasteiger partial charge in [-0.15, -0.1) is 0 Å². The number of rotatable bonds is 14. The first-order valence-electron chi connectivity index (χ1n) is 24.7. The summed E-state index contributed by atoms with van der Waals surface area (Å²) in [6.45, 7) is 16.7. The molecule has 22 heteroatoms. The molecule has 2 aliphatic carbocycles. The fourth-order valence-electron chi connectivity index (χ4n) is 8.53. The number of aryl methyl sites for hydroxylation is 2. The van der Waals surface area contributed by atoms with Gasteiger partial charge in [-0.3, -0.25) is 44.0 Å². The standard InChI is InChI=1S/C19H23N5O2.C18H26N4O2.C15H17ClF2N4O2/c1-12-6-8-14-17(21-12)24(13-7-9-16(26-5)20-11-13)18(22-14)23-15(25)10-19(2,3)4;1-4-18(24,5-2)11-15(23)21-17-20-14-10-9-12(3)19-16(14)22(17)13-7-6-8-13;1-14(2,24)7-11(23)21-13-19-9-3-4-10(16)20-12(9)22(13)8-5-15(17,18)6-8/h6-9,11H,10H2,1-5H3,(H,22,23,25);9-10,13,24H,4-8,11H2,1-3H3,(H,20,21,23);3-4,8,24H,5-7H2,1-2H3,(H,19,21,23). The van der Waals surface area contributed by atoms with Crippen molar-refractivity contribution in [3.05, 3.63) is 71.3 Å². The molecular weight excluding hydrogens is 976 g/mol. The molecule has 7 heterocycles. The van der Waals surface area contributed by atoms with Crippen molar-refractivity contribution in [2.45, 2.75) is 156 Å². The second-order valence-electron chi connectivity index (χ2n) is 21.0. The molecule has 19 nitrogen and oxygen atoms in total. The van der Waals surface area contributed by atoms with Gasteiger partial charge in [0, 0.05) is 42.8 Å². The highest BCUT2D eigenvalue weighted by Gasteiger charge is 2.48. The molecule has 0 radical (unpaired) electrons. The van der Waals surface area contributed by atoms with E-state index in [-0.39, 0.29) is 54.0 Å². The number of methoxy groups -OCH3 is 1. The third-order valence-electron chi connectivity index (χ3n) is 12.7. The highest BCUT2D eigenvalue weighted by atomic mass is 35.5. The lowest BCUT2D eigenvalue weighted by atomic mass is 9.88. The van der Waals surface area contributed by atoms with Gasteiger partial charge in [-0.2, -0.15) is 0 Å². The molecule has 0 aromatic carbocycles. The molecule has 74 heavy (non-hydrogen) atoms. The molecule has 3 amide bonds. The van der Waals surface area contributed by atoms with Crippen molar-refractivity contribution >= 4 is 80.7 Å². The van der Waals surface area contributed by atoms with Crippen LogP contribution in [0, 0.1) is 19.3 Å². The molecule has 2 saturated carbocycles. The number of halogens is 3. The summed E-state index contributed by atoms with van der Waals surface area (Å²) in [5.74, 6) is -1.85. The number of nitrogens with zero attached hydrogens (tertiary/aromatic N) is 10. The number of alkyl halides is 2. The lowest BCUT2D eigenvalue weighted by molar-refractivity contribution is -0.122. The first-order valence-corrected chi connectivity index (χ1v) is 25.1. The van der Waals surface area contributed by atoms with Gasteiger partial charge in [0.25, 0.3) is 5.92 Å².